The van der Waals surface area contributed by atoms with Crippen molar-refractivity contribution in [2.45, 2.75) is 0 Å². The molecule has 0 atom stereocenters. The standard InChI is InChI=1S/C9H7ClFN3/c10-7-3-5(11)1-2-6(7)8-4-9(12)14-13-8/h1-4H,(H3,12,13,14). The summed E-state index contributed by atoms with van der Waals surface area (Å²) in [6.07, 6.45) is 0. The largest absolute Gasteiger partial charge is 0.382 e. The van der Waals surface area contributed by atoms with Crippen LogP contribution in [0.2, 0.25) is 5.02 Å². The van der Waals surface area contributed by atoms with E-state index in [0.29, 0.717) is 22.1 Å². The van der Waals surface area contributed by atoms with Gasteiger partial charge in [-0.05, 0) is 18.2 Å². The maximum absolute atomic E-state index is 12.7. The molecule has 0 spiro atoms. The van der Waals surface area contributed by atoms with Crippen LogP contribution in [0.15, 0.2) is 24.3 Å². The number of nitrogens with two attached hydrogens (primary N) is 1. The highest BCUT2D eigenvalue weighted by atomic mass is 35.5. The highest BCUT2D eigenvalue weighted by Gasteiger charge is 2.06. The molecule has 2 aromatic rings. The second-order valence-electron chi connectivity index (χ2n) is 2.83. The van der Waals surface area contributed by atoms with Crippen molar-refractivity contribution in [1.82, 2.24) is 10.2 Å². The van der Waals surface area contributed by atoms with Gasteiger partial charge in [-0.15, -0.1) is 0 Å². The number of benzene rings is 1. The van der Waals surface area contributed by atoms with E-state index in [1.807, 2.05) is 0 Å². The highest BCUT2D eigenvalue weighted by Crippen LogP contribution is 2.27. The first-order valence-corrected chi connectivity index (χ1v) is 4.31. The van der Waals surface area contributed by atoms with Crippen LogP contribution in [-0.2, 0) is 0 Å². The molecule has 1 heterocycles. The number of aromatic amines is 1. The summed E-state index contributed by atoms with van der Waals surface area (Å²) in [5.74, 6) is 0.00614. The lowest BCUT2D eigenvalue weighted by Gasteiger charge is -1.99. The van der Waals surface area contributed by atoms with Crippen molar-refractivity contribution in [2.24, 2.45) is 0 Å². The number of nitrogens with zero attached hydrogens (tertiary/aromatic N) is 1. The lowest BCUT2D eigenvalue weighted by Crippen LogP contribution is -1.81. The molecular formula is C9H7ClFN3. The number of hydrogen-bond donors (Lipinski definition) is 2. The minimum Gasteiger partial charge on any atom is -0.382 e. The zero-order valence-electron chi connectivity index (χ0n) is 7.09. The van der Waals surface area contributed by atoms with Crippen LogP contribution in [0, 0.1) is 5.82 Å². The molecule has 0 fully saturated rings. The monoisotopic (exact) mass is 211 g/mol. The highest BCUT2D eigenvalue weighted by molar-refractivity contribution is 6.33. The van der Waals surface area contributed by atoms with Crippen LogP contribution >= 0.6 is 11.6 Å². The molecule has 72 valence electrons. The summed E-state index contributed by atoms with van der Waals surface area (Å²) in [5.41, 5.74) is 6.79. The van der Waals surface area contributed by atoms with Crippen LogP contribution in [-0.4, -0.2) is 10.2 Å². The van der Waals surface area contributed by atoms with E-state index in [-0.39, 0.29) is 5.82 Å². The summed E-state index contributed by atoms with van der Waals surface area (Å²) < 4.78 is 12.7. The fourth-order valence-electron chi connectivity index (χ4n) is 1.18. The van der Waals surface area contributed by atoms with Crippen molar-refractivity contribution in [1.29, 1.82) is 0 Å². The van der Waals surface area contributed by atoms with Crippen LogP contribution < -0.4 is 5.73 Å². The topological polar surface area (TPSA) is 54.7 Å². The zero-order valence-corrected chi connectivity index (χ0v) is 7.85. The molecule has 0 aliphatic rings. The first-order valence-electron chi connectivity index (χ1n) is 3.93. The van der Waals surface area contributed by atoms with E-state index in [1.165, 1.54) is 12.1 Å². The Hall–Kier alpha value is -1.55. The van der Waals surface area contributed by atoms with E-state index in [4.69, 9.17) is 17.3 Å². The number of hydrogen-bond acceptors (Lipinski definition) is 2. The van der Waals surface area contributed by atoms with Gasteiger partial charge in [-0.1, -0.05) is 11.6 Å². The number of rotatable bonds is 1. The van der Waals surface area contributed by atoms with Gasteiger partial charge in [-0.3, -0.25) is 5.10 Å². The van der Waals surface area contributed by atoms with E-state index in [2.05, 4.69) is 10.2 Å². The summed E-state index contributed by atoms with van der Waals surface area (Å²) in [5, 5.41) is 6.78. The van der Waals surface area contributed by atoms with Crippen LogP contribution in [0.3, 0.4) is 0 Å². The Kier molecular flexibility index (Phi) is 2.13. The average molecular weight is 212 g/mol. The SMILES string of the molecule is Nc1cc(-c2ccc(F)cc2Cl)[nH]n1. The van der Waals surface area contributed by atoms with E-state index in [0.717, 1.165) is 0 Å². The van der Waals surface area contributed by atoms with Gasteiger partial charge in [0.25, 0.3) is 0 Å². The summed E-state index contributed by atoms with van der Waals surface area (Å²) in [7, 11) is 0. The van der Waals surface area contributed by atoms with Gasteiger partial charge in [0.1, 0.15) is 11.6 Å². The van der Waals surface area contributed by atoms with Crippen molar-refractivity contribution in [3.8, 4) is 11.3 Å². The van der Waals surface area contributed by atoms with Crippen molar-refractivity contribution in [2.75, 3.05) is 5.73 Å². The smallest absolute Gasteiger partial charge is 0.145 e. The van der Waals surface area contributed by atoms with Crippen LogP contribution in [0.25, 0.3) is 11.3 Å². The fraction of sp³-hybridized carbons (Fsp3) is 0. The van der Waals surface area contributed by atoms with E-state index >= 15 is 0 Å². The molecule has 0 aliphatic carbocycles. The maximum Gasteiger partial charge on any atom is 0.145 e. The molecule has 0 unspecified atom stereocenters. The Balaban J connectivity index is 2.52. The number of nitrogens with one attached hydrogen (secondary N) is 1. The number of aromatic nitrogens is 2. The number of anilines is 1. The summed E-state index contributed by atoms with van der Waals surface area (Å²) in [6.45, 7) is 0. The third-order valence-electron chi connectivity index (χ3n) is 1.82. The lowest BCUT2D eigenvalue weighted by atomic mass is 10.1. The van der Waals surface area contributed by atoms with Gasteiger partial charge < -0.3 is 5.73 Å². The molecule has 2 rings (SSSR count). The molecule has 3 nitrogen and oxygen atoms in total. The van der Waals surface area contributed by atoms with Gasteiger partial charge in [-0.2, -0.15) is 5.10 Å². The van der Waals surface area contributed by atoms with Gasteiger partial charge >= 0.3 is 0 Å². The second-order valence-corrected chi connectivity index (χ2v) is 3.24. The molecule has 0 aliphatic heterocycles. The molecule has 0 amide bonds. The quantitative estimate of drug-likeness (QED) is 0.761. The number of H-pyrrole nitrogens is 1. The summed E-state index contributed by atoms with van der Waals surface area (Å²) in [4.78, 5) is 0. The van der Waals surface area contributed by atoms with Gasteiger partial charge in [0.05, 0.1) is 10.7 Å². The third-order valence-corrected chi connectivity index (χ3v) is 2.13. The first-order chi connectivity index (χ1) is 6.66. The first kappa shape index (κ1) is 9.02. The van der Waals surface area contributed by atoms with Crippen molar-refractivity contribution < 1.29 is 4.39 Å². The van der Waals surface area contributed by atoms with Crippen molar-refractivity contribution in [3.05, 3.63) is 35.1 Å². The fourth-order valence-corrected chi connectivity index (χ4v) is 1.45. The van der Waals surface area contributed by atoms with Crippen LogP contribution in [0.4, 0.5) is 10.2 Å². The van der Waals surface area contributed by atoms with Gasteiger partial charge in [-0.25, -0.2) is 4.39 Å². The average Bonchev–Trinajstić information content (AvgIpc) is 2.51. The van der Waals surface area contributed by atoms with E-state index in [1.54, 1.807) is 12.1 Å². The molecular weight excluding hydrogens is 205 g/mol. The third kappa shape index (κ3) is 1.56. The van der Waals surface area contributed by atoms with Crippen molar-refractivity contribution >= 4 is 17.4 Å². The molecule has 0 saturated carbocycles. The second kappa shape index (κ2) is 3.31. The molecule has 0 saturated heterocycles. The Bertz CT molecular complexity index is 467. The summed E-state index contributed by atoms with van der Waals surface area (Å²) in [6, 6.07) is 5.79. The molecule has 14 heavy (non-hydrogen) atoms. The Morgan fingerprint density at radius 3 is 2.71 bits per heavy atom. The minimum atomic E-state index is -0.369. The minimum absolute atomic E-state index is 0.327. The molecule has 3 N–H and O–H groups in total. The normalized spacial score (nSPS) is 10.4. The van der Waals surface area contributed by atoms with Gasteiger partial charge in [0.15, 0.2) is 0 Å². The van der Waals surface area contributed by atoms with Gasteiger partial charge in [0, 0.05) is 11.6 Å². The lowest BCUT2D eigenvalue weighted by molar-refractivity contribution is 0.628. The molecule has 0 bridgehead atoms. The Morgan fingerprint density at radius 2 is 2.14 bits per heavy atom. The van der Waals surface area contributed by atoms with Crippen molar-refractivity contribution in [3.63, 3.8) is 0 Å². The van der Waals surface area contributed by atoms with Crippen LogP contribution in [0.1, 0.15) is 0 Å². The predicted molar refractivity (Wildman–Crippen MR) is 53.4 cm³/mol. The number of nitrogen functional groups attached to an aromatic ring is 1. The number of halogens is 2. The Labute approximate surface area is 84.7 Å². The van der Waals surface area contributed by atoms with E-state index < -0.39 is 0 Å². The Morgan fingerprint density at radius 1 is 1.36 bits per heavy atom. The molecule has 1 aromatic heterocycles. The van der Waals surface area contributed by atoms with E-state index in [9.17, 15) is 4.39 Å². The predicted octanol–water partition coefficient (Wildman–Crippen LogP) is 2.45. The zero-order chi connectivity index (χ0) is 10.1. The van der Waals surface area contributed by atoms with Gasteiger partial charge in [0.2, 0.25) is 0 Å². The van der Waals surface area contributed by atoms with Crippen LogP contribution in [0.5, 0.6) is 0 Å². The molecule has 0 radical (unpaired) electrons. The summed E-state index contributed by atoms with van der Waals surface area (Å²) >= 11 is 5.84. The molecule has 5 heteroatoms. The maximum atomic E-state index is 12.7. The molecule has 1 aromatic carbocycles.